The molecule has 0 aromatic heterocycles. The highest BCUT2D eigenvalue weighted by atomic mass is 79.9. The van der Waals surface area contributed by atoms with Crippen LogP contribution in [0, 0.1) is 5.41 Å². The molecule has 0 saturated carbocycles. The van der Waals surface area contributed by atoms with Crippen LogP contribution < -0.4 is 15.1 Å². The summed E-state index contributed by atoms with van der Waals surface area (Å²) in [5.74, 6) is 0.811. The zero-order chi connectivity index (χ0) is 25.7. The van der Waals surface area contributed by atoms with E-state index < -0.39 is 9.04 Å². The van der Waals surface area contributed by atoms with Crippen LogP contribution in [-0.4, -0.2) is 39.9 Å². The van der Waals surface area contributed by atoms with Crippen LogP contribution in [0.3, 0.4) is 0 Å². The van der Waals surface area contributed by atoms with Gasteiger partial charge in [-0.25, -0.2) is 0 Å². The summed E-state index contributed by atoms with van der Waals surface area (Å²) in [4.78, 5) is 2.38. The van der Waals surface area contributed by atoms with Gasteiger partial charge in [0.1, 0.15) is 5.75 Å². The molecule has 3 aromatic rings. The summed E-state index contributed by atoms with van der Waals surface area (Å²) in [6.45, 7) is 16.8. The van der Waals surface area contributed by atoms with Crippen molar-refractivity contribution in [1.29, 1.82) is 0 Å². The van der Waals surface area contributed by atoms with Gasteiger partial charge in [0.05, 0.1) is 0 Å². The van der Waals surface area contributed by atoms with E-state index in [1.54, 1.807) is 0 Å². The van der Waals surface area contributed by atoms with Gasteiger partial charge in [-0.15, -0.1) is 0 Å². The van der Waals surface area contributed by atoms with Gasteiger partial charge in [0.25, 0.3) is 9.04 Å². The third-order valence-electron chi connectivity index (χ3n) is 5.51. The van der Waals surface area contributed by atoms with Gasteiger partial charge in [-0.1, -0.05) is 124 Å². The number of nitrogens with zero attached hydrogens (tertiary/aromatic N) is 1. The minimum Gasteiger partial charge on any atom is -0.466 e. The van der Waals surface area contributed by atoms with Gasteiger partial charge in [0.15, 0.2) is 6.29 Å². The average Bonchev–Trinajstić information content (AvgIpc) is 2.84. The summed E-state index contributed by atoms with van der Waals surface area (Å²) in [7, 11) is -1.44. The van der Waals surface area contributed by atoms with E-state index in [0.717, 1.165) is 16.6 Å². The van der Waals surface area contributed by atoms with E-state index in [-0.39, 0.29) is 11.7 Å². The smallest absolute Gasteiger partial charge is 0.287 e. The third kappa shape index (κ3) is 11.1. The summed E-state index contributed by atoms with van der Waals surface area (Å²) < 4.78 is 14.0. The lowest BCUT2D eigenvalue weighted by molar-refractivity contribution is -0.0228. The molecule has 1 radical (unpaired) electrons. The number of hydrogen-bond acceptors (Lipinski definition) is 3. The molecule has 189 valence electrons. The Hall–Kier alpha value is -1.92. The summed E-state index contributed by atoms with van der Waals surface area (Å²) in [5.41, 5.74) is 0.0804. The molecule has 1 atom stereocenters. The normalized spacial score (nSPS) is 12.3. The molecule has 0 N–H and O–H groups in total. The molecule has 0 aliphatic carbocycles. The van der Waals surface area contributed by atoms with Crippen molar-refractivity contribution < 1.29 is 9.16 Å². The van der Waals surface area contributed by atoms with Crippen LogP contribution >= 0.6 is 15.9 Å². The number of ether oxygens (including phenoxy) is 1. The van der Waals surface area contributed by atoms with E-state index in [1.165, 1.54) is 30.0 Å². The molecular formula is C30H41BrNO2Si. The number of benzene rings is 3. The monoisotopic (exact) mass is 554 g/mol. The van der Waals surface area contributed by atoms with Crippen LogP contribution in [0.4, 0.5) is 0 Å². The summed E-state index contributed by atoms with van der Waals surface area (Å²) >= 11 is 3.52. The predicted octanol–water partition coefficient (Wildman–Crippen LogP) is 6.76. The first kappa shape index (κ1) is 29.3. The van der Waals surface area contributed by atoms with E-state index in [9.17, 15) is 0 Å². The first-order valence-electron chi connectivity index (χ1n) is 12.5. The lowest BCUT2D eigenvalue weighted by Crippen LogP contribution is -2.49. The van der Waals surface area contributed by atoms with Gasteiger partial charge in [-0.3, -0.25) is 0 Å². The van der Waals surface area contributed by atoms with E-state index in [1.807, 2.05) is 36.4 Å². The third-order valence-corrected chi connectivity index (χ3v) is 8.21. The average molecular weight is 556 g/mol. The molecule has 35 heavy (non-hydrogen) atoms. The molecule has 0 bridgehead atoms. The van der Waals surface area contributed by atoms with E-state index in [0.29, 0.717) is 0 Å². The standard InChI is InChI=1S/C24H26BrO2Si.C6H15N/c1-24(2,3)18-23(26-20-12-10-11-19(25)17-20)27-28(21-13-6-4-7-14-21)22-15-8-5-9-16-22;1-4-7(5-2)6-3/h4-17,23H,18H2,1-3H3;4-6H2,1-3H3. The van der Waals surface area contributed by atoms with Gasteiger partial charge < -0.3 is 14.1 Å². The first-order valence-corrected chi connectivity index (χ1v) is 14.7. The molecule has 0 aliphatic rings. The van der Waals surface area contributed by atoms with Crippen molar-refractivity contribution in [3.05, 3.63) is 89.4 Å². The van der Waals surface area contributed by atoms with Crippen LogP contribution in [-0.2, 0) is 4.43 Å². The molecule has 3 rings (SSSR count). The van der Waals surface area contributed by atoms with Crippen molar-refractivity contribution in [1.82, 2.24) is 4.90 Å². The maximum Gasteiger partial charge on any atom is 0.287 e. The second kappa shape index (κ2) is 15.2. The molecule has 0 saturated heterocycles. The van der Waals surface area contributed by atoms with Gasteiger partial charge in [-0.05, 0) is 53.6 Å². The largest absolute Gasteiger partial charge is 0.466 e. The fourth-order valence-corrected chi connectivity index (χ4v) is 5.95. The topological polar surface area (TPSA) is 21.7 Å². The fourth-order valence-electron chi connectivity index (χ4n) is 3.58. The fraction of sp³-hybridized carbons (Fsp3) is 0.400. The highest BCUT2D eigenvalue weighted by Gasteiger charge is 2.28. The number of hydrogen-bond donors (Lipinski definition) is 0. The molecular weight excluding hydrogens is 514 g/mol. The Morgan fingerprint density at radius 2 is 1.29 bits per heavy atom. The van der Waals surface area contributed by atoms with Gasteiger partial charge in [0.2, 0.25) is 0 Å². The van der Waals surface area contributed by atoms with Crippen molar-refractivity contribution in [2.45, 2.75) is 54.3 Å². The minimum atomic E-state index is -1.44. The molecule has 1 unspecified atom stereocenters. The van der Waals surface area contributed by atoms with Gasteiger partial charge in [-0.2, -0.15) is 0 Å². The van der Waals surface area contributed by atoms with E-state index in [2.05, 4.69) is 111 Å². The van der Waals surface area contributed by atoms with Crippen molar-refractivity contribution in [2.24, 2.45) is 5.41 Å². The van der Waals surface area contributed by atoms with Crippen LogP contribution in [0.2, 0.25) is 0 Å². The Bertz CT molecular complexity index is 914. The number of halogens is 1. The van der Waals surface area contributed by atoms with Crippen LogP contribution in [0.5, 0.6) is 5.75 Å². The first-order chi connectivity index (χ1) is 16.8. The second-order valence-corrected chi connectivity index (χ2v) is 12.5. The molecule has 3 aromatic carbocycles. The summed E-state index contributed by atoms with van der Waals surface area (Å²) in [5, 5.41) is 2.44. The second-order valence-electron chi connectivity index (χ2n) is 9.57. The Morgan fingerprint density at radius 1 is 0.771 bits per heavy atom. The van der Waals surface area contributed by atoms with Gasteiger partial charge in [0, 0.05) is 10.9 Å². The lowest BCUT2D eigenvalue weighted by Gasteiger charge is -2.30. The molecule has 0 amide bonds. The van der Waals surface area contributed by atoms with Crippen molar-refractivity contribution in [3.63, 3.8) is 0 Å². The highest BCUT2D eigenvalue weighted by molar-refractivity contribution is 9.10. The maximum absolute atomic E-state index is 6.71. The van der Waals surface area contributed by atoms with Gasteiger partial charge >= 0.3 is 0 Å². The SMILES string of the molecule is CC(C)(C)CC(Oc1cccc(Br)c1)O[Si](c1ccccc1)c1ccccc1.CCN(CC)CC. The number of rotatable bonds is 10. The Kier molecular flexibility index (Phi) is 12.8. The molecule has 0 aliphatic heterocycles. The Balaban J connectivity index is 0.000000540. The molecule has 0 heterocycles. The van der Waals surface area contributed by atoms with E-state index >= 15 is 0 Å². The highest BCUT2D eigenvalue weighted by Crippen LogP contribution is 2.26. The summed E-state index contributed by atoms with van der Waals surface area (Å²) in [6.07, 6.45) is 0.469. The molecule has 5 heteroatoms. The zero-order valence-corrected chi connectivity index (χ0v) is 24.7. The predicted molar refractivity (Wildman–Crippen MR) is 155 cm³/mol. The molecule has 3 nitrogen and oxygen atoms in total. The van der Waals surface area contributed by atoms with Crippen LogP contribution in [0.1, 0.15) is 48.0 Å². The van der Waals surface area contributed by atoms with Crippen molar-refractivity contribution in [3.8, 4) is 5.75 Å². The quantitative estimate of drug-likeness (QED) is 0.204. The van der Waals surface area contributed by atoms with Crippen LogP contribution in [0.15, 0.2) is 89.4 Å². The summed E-state index contributed by atoms with van der Waals surface area (Å²) in [6, 6.07) is 28.9. The minimum absolute atomic E-state index is 0.0804. The maximum atomic E-state index is 6.71. The van der Waals surface area contributed by atoms with E-state index in [4.69, 9.17) is 9.16 Å². The van der Waals surface area contributed by atoms with Crippen molar-refractivity contribution >= 4 is 35.3 Å². The Labute approximate surface area is 223 Å². The van der Waals surface area contributed by atoms with Crippen molar-refractivity contribution in [2.75, 3.05) is 19.6 Å². The molecule has 0 spiro atoms. The zero-order valence-electron chi connectivity index (χ0n) is 22.1. The van der Waals surface area contributed by atoms with Crippen LogP contribution in [0.25, 0.3) is 0 Å². The lowest BCUT2D eigenvalue weighted by atomic mass is 9.92. The molecule has 0 fully saturated rings. The Morgan fingerprint density at radius 3 is 1.69 bits per heavy atom.